The molecule has 0 radical (unpaired) electrons. The van der Waals surface area contributed by atoms with Crippen LogP contribution in [0.2, 0.25) is 0 Å². The van der Waals surface area contributed by atoms with Crippen molar-refractivity contribution in [3.63, 3.8) is 0 Å². The molecule has 0 atom stereocenters. The minimum absolute atomic E-state index is 0.749. The minimum atomic E-state index is 0.749. The Morgan fingerprint density at radius 3 is 2.07 bits per heavy atom. The molecule has 1 aromatic rings. The third-order valence-electron chi connectivity index (χ3n) is 3.43. The summed E-state index contributed by atoms with van der Waals surface area (Å²) in [5, 5.41) is 0. The van der Waals surface area contributed by atoms with E-state index in [9.17, 15) is 0 Å². The number of hydrogen-bond donors (Lipinski definition) is 0. The molecule has 0 aliphatic carbocycles. The van der Waals surface area contributed by atoms with Crippen molar-refractivity contribution in [2.45, 2.75) is 59.8 Å². The van der Waals surface area contributed by atoms with Gasteiger partial charge in [0, 0.05) is 0 Å². The Morgan fingerprint density at radius 1 is 1.00 bits per heavy atom. The Hall–Kier alpha value is -0.780. The van der Waals surface area contributed by atoms with E-state index in [0.717, 1.165) is 12.3 Å². The van der Waals surface area contributed by atoms with Crippen LogP contribution in [-0.2, 0) is 6.42 Å². The predicted octanol–water partition coefficient (Wildman–Crippen LogP) is 4.77. The van der Waals surface area contributed by atoms with Crippen LogP contribution in [0.15, 0.2) is 12.1 Å². The van der Waals surface area contributed by atoms with E-state index in [1.807, 2.05) is 0 Å². The van der Waals surface area contributed by atoms with E-state index in [4.69, 9.17) is 0 Å². The molecule has 0 saturated carbocycles. The number of benzene rings is 1. The summed E-state index contributed by atoms with van der Waals surface area (Å²) in [6.45, 7) is 11.3. The third kappa shape index (κ3) is 2.62. The monoisotopic (exact) mass is 204 g/mol. The Balaban J connectivity index is 3.24. The van der Waals surface area contributed by atoms with Gasteiger partial charge in [0.1, 0.15) is 0 Å². The molecule has 0 N–H and O–H groups in total. The van der Waals surface area contributed by atoms with Crippen LogP contribution in [-0.4, -0.2) is 0 Å². The topological polar surface area (TPSA) is 0 Å². The van der Waals surface area contributed by atoms with Crippen molar-refractivity contribution in [3.8, 4) is 0 Å². The van der Waals surface area contributed by atoms with Crippen LogP contribution in [0.1, 0.15) is 61.8 Å². The van der Waals surface area contributed by atoms with E-state index in [1.165, 1.54) is 24.0 Å². The number of aryl methyl sites for hydroxylation is 2. The molecule has 0 spiro atoms. The first kappa shape index (κ1) is 12.3. The zero-order valence-corrected chi connectivity index (χ0v) is 10.9. The predicted molar refractivity (Wildman–Crippen MR) is 68.6 cm³/mol. The molecular weight excluding hydrogens is 180 g/mol. The lowest BCUT2D eigenvalue weighted by molar-refractivity contribution is 0.634. The summed E-state index contributed by atoms with van der Waals surface area (Å²) in [7, 11) is 0. The maximum Gasteiger partial charge on any atom is -0.0164 e. The van der Waals surface area contributed by atoms with Gasteiger partial charge in [0.05, 0.1) is 0 Å². The molecule has 0 unspecified atom stereocenters. The zero-order valence-electron chi connectivity index (χ0n) is 10.9. The molecule has 0 saturated heterocycles. The zero-order chi connectivity index (χ0) is 11.4. The summed E-state index contributed by atoms with van der Waals surface area (Å²) < 4.78 is 0. The first-order valence-electron chi connectivity index (χ1n) is 6.23. The molecule has 0 amide bonds. The maximum absolute atomic E-state index is 2.39. The quantitative estimate of drug-likeness (QED) is 0.662. The van der Waals surface area contributed by atoms with E-state index in [0.29, 0.717) is 0 Å². The summed E-state index contributed by atoms with van der Waals surface area (Å²) in [6.07, 6.45) is 3.68. The van der Waals surface area contributed by atoms with Crippen molar-refractivity contribution in [1.82, 2.24) is 0 Å². The highest BCUT2D eigenvalue weighted by Gasteiger charge is 2.13. The SMILES string of the molecule is CCc1c(C)cc(C)cc1C(CC)CC. The van der Waals surface area contributed by atoms with Crippen molar-refractivity contribution in [3.05, 3.63) is 34.4 Å². The van der Waals surface area contributed by atoms with Crippen molar-refractivity contribution in [2.24, 2.45) is 0 Å². The van der Waals surface area contributed by atoms with Gasteiger partial charge in [0.25, 0.3) is 0 Å². The largest absolute Gasteiger partial charge is 0.0648 e. The molecule has 15 heavy (non-hydrogen) atoms. The van der Waals surface area contributed by atoms with E-state index in [1.54, 1.807) is 11.1 Å². The normalized spacial score (nSPS) is 11.1. The van der Waals surface area contributed by atoms with Gasteiger partial charge in [-0.1, -0.05) is 38.5 Å². The van der Waals surface area contributed by atoms with Crippen LogP contribution in [0, 0.1) is 13.8 Å². The fourth-order valence-corrected chi connectivity index (χ4v) is 2.61. The van der Waals surface area contributed by atoms with Gasteiger partial charge < -0.3 is 0 Å². The van der Waals surface area contributed by atoms with Gasteiger partial charge in [-0.25, -0.2) is 0 Å². The fraction of sp³-hybridized carbons (Fsp3) is 0.600. The van der Waals surface area contributed by atoms with Crippen molar-refractivity contribution in [2.75, 3.05) is 0 Å². The van der Waals surface area contributed by atoms with Gasteiger partial charge in [-0.3, -0.25) is 0 Å². The highest BCUT2D eigenvalue weighted by Crippen LogP contribution is 2.29. The second-order valence-electron chi connectivity index (χ2n) is 4.52. The summed E-state index contributed by atoms with van der Waals surface area (Å²) in [5.41, 5.74) is 6.06. The van der Waals surface area contributed by atoms with E-state index >= 15 is 0 Å². The van der Waals surface area contributed by atoms with Crippen LogP contribution in [0.25, 0.3) is 0 Å². The standard InChI is InChI=1S/C15H24/c1-6-13(7-2)15-10-11(4)9-12(5)14(15)8-3/h9-10,13H,6-8H2,1-5H3. The Labute approximate surface area is 94.7 Å². The minimum Gasteiger partial charge on any atom is -0.0648 e. The van der Waals surface area contributed by atoms with Crippen LogP contribution in [0.4, 0.5) is 0 Å². The Bertz CT molecular complexity index is 319. The maximum atomic E-state index is 2.39. The molecule has 0 aliphatic heterocycles. The Morgan fingerprint density at radius 2 is 1.60 bits per heavy atom. The van der Waals surface area contributed by atoms with Crippen LogP contribution in [0.5, 0.6) is 0 Å². The van der Waals surface area contributed by atoms with Gasteiger partial charge >= 0.3 is 0 Å². The van der Waals surface area contributed by atoms with Crippen molar-refractivity contribution >= 4 is 0 Å². The summed E-state index contributed by atoms with van der Waals surface area (Å²) in [5.74, 6) is 0.749. The molecule has 1 rings (SSSR count). The number of hydrogen-bond acceptors (Lipinski definition) is 0. The van der Waals surface area contributed by atoms with E-state index in [2.05, 4.69) is 46.8 Å². The molecule has 0 nitrogen and oxygen atoms in total. The van der Waals surface area contributed by atoms with Gasteiger partial charge in [0.15, 0.2) is 0 Å². The molecule has 0 heteroatoms. The summed E-state index contributed by atoms with van der Waals surface area (Å²) >= 11 is 0. The lowest BCUT2D eigenvalue weighted by Gasteiger charge is -2.19. The van der Waals surface area contributed by atoms with Crippen LogP contribution < -0.4 is 0 Å². The average Bonchev–Trinajstić information content (AvgIpc) is 2.19. The summed E-state index contributed by atoms with van der Waals surface area (Å²) in [6, 6.07) is 4.70. The molecule has 0 bridgehead atoms. The molecule has 1 aromatic carbocycles. The van der Waals surface area contributed by atoms with Gasteiger partial charge in [-0.15, -0.1) is 0 Å². The highest BCUT2D eigenvalue weighted by molar-refractivity contribution is 5.40. The molecule has 0 aliphatic rings. The first-order chi connectivity index (χ1) is 7.13. The second kappa shape index (κ2) is 5.34. The third-order valence-corrected chi connectivity index (χ3v) is 3.43. The van der Waals surface area contributed by atoms with Crippen molar-refractivity contribution in [1.29, 1.82) is 0 Å². The lowest BCUT2D eigenvalue weighted by Crippen LogP contribution is -2.03. The number of rotatable bonds is 4. The van der Waals surface area contributed by atoms with Gasteiger partial charge in [-0.05, 0) is 55.7 Å². The van der Waals surface area contributed by atoms with Crippen molar-refractivity contribution < 1.29 is 0 Å². The Kier molecular flexibility index (Phi) is 4.38. The van der Waals surface area contributed by atoms with E-state index in [-0.39, 0.29) is 0 Å². The first-order valence-corrected chi connectivity index (χ1v) is 6.23. The van der Waals surface area contributed by atoms with Crippen LogP contribution in [0.3, 0.4) is 0 Å². The lowest BCUT2D eigenvalue weighted by atomic mass is 9.86. The smallest absolute Gasteiger partial charge is 0.0164 e. The highest BCUT2D eigenvalue weighted by atomic mass is 14.2. The fourth-order valence-electron chi connectivity index (χ4n) is 2.61. The molecule has 0 fully saturated rings. The molecule has 0 aromatic heterocycles. The molecule has 0 heterocycles. The van der Waals surface area contributed by atoms with Gasteiger partial charge in [-0.2, -0.15) is 0 Å². The average molecular weight is 204 g/mol. The van der Waals surface area contributed by atoms with E-state index < -0.39 is 0 Å². The molecular formula is C15H24. The second-order valence-corrected chi connectivity index (χ2v) is 4.52. The van der Waals surface area contributed by atoms with Crippen LogP contribution >= 0.6 is 0 Å². The summed E-state index contributed by atoms with van der Waals surface area (Å²) in [4.78, 5) is 0. The van der Waals surface area contributed by atoms with Gasteiger partial charge in [0.2, 0.25) is 0 Å². The molecule has 84 valence electrons.